The molecule has 134 valence electrons. The van der Waals surface area contributed by atoms with Gasteiger partial charge in [0.25, 0.3) is 5.91 Å². The Morgan fingerprint density at radius 1 is 1.04 bits per heavy atom. The van der Waals surface area contributed by atoms with E-state index in [1.807, 2.05) is 48.5 Å². The van der Waals surface area contributed by atoms with Crippen molar-refractivity contribution in [1.82, 2.24) is 0 Å². The second-order valence-electron chi connectivity index (χ2n) is 6.39. The monoisotopic (exact) mass is 341 g/mol. The van der Waals surface area contributed by atoms with Gasteiger partial charge in [-0.1, -0.05) is 32.9 Å². The highest BCUT2D eigenvalue weighted by atomic mass is 16.5. The van der Waals surface area contributed by atoms with Gasteiger partial charge in [0.1, 0.15) is 11.5 Å². The number of aryl methyl sites for hydroxylation is 1. The first-order valence-electron chi connectivity index (χ1n) is 8.81. The Labute approximate surface area is 150 Å². The van der Waals surface area contributed by atoms with Gasteiger partial charge in [-0.05, 0) is 60.7 Å². The molecule has 0 spiro atoms. The van der Waals surface area contributed by atoms with Crippen molar-refractivity contribution in [2.45, 2.75) is 33.6 Å². The maximum Gasteiger partial charge on any atom is 0.262 e. The summed E-state index contributed by atoms with van der Waals surface area (Å²) in [5, 5.41) is 2.82. The fraction of sp³-hybridized carbons (Fsp3) is 0.381. The Morgan fingerprint density at radius 3 is 2.48 bits per heavy atom. The van der Waals surface area contributed by atoms with E-state index in [1.54, 1.807) is 0 Å². The third-order valence-electron chi connectivity index (χ3n) is 3.78. The number of anilines is 1. The average Bonchev–Trinajstić information content (AvgIpc) is 2.61. The van der Waals surface area contributed by atoms with Gasteiger partial charge >= 0.3 is 0 Å². The number of carbonyl (C=O) groups excluding carboxylic acids is 1. The predicted octanol–water partition coefficient (Wildman–Crippen LogP) is 4.69. The number of ether oxygens (including phenoxy) is 2. The standard InChI is InChI=1S/C21H27NO3/c1-4-17-6-5-7-20(14-17)25-15-21(23)22-18-8-10-19(11-9-18)24-13-12-16(2)3/h5-11,14,16H,4,12-13,15H2,1-3H3,(H,22,23). The zero-order valence-electron chi connectivity index (χ0n) is 15.2. The molecule has 0 saturated heterocycles. The van der Waals surface area contributed by atoms with Crippen molar-refractivity contribution in [2.75, 3.05) is 18.5 Å². The average molecular weight is 341 g/mol. The van der Waals surface area contributed by atoms with Crippen LogP contribution in [0.4, 0.5) is 5.69 Å². The van der Waals surface area contributed by atoms with Crippen molar-refractivity contribution < 1.29 is 14.3 Å². The molecule has 0 saturated carbocycles. The molecule has 4 heteroatoms. The summed E-state index contributed by atoms with van der Waals surface area (Å²) >= 11 is 0. The van der Waals surface area contributed by atoms with Crippen molar-refractivity contribution in [3.8, 4) is 11.5 Å². The molecule has 0 fully saturated rings. The Bertz CT molecular complexity index is 665. The molecule has 0 bridgehead atoms. The molecule has 1 N–H and O–H groups in total. The van der Waals surface area contributed by atoms with Crippen LogP contribution in [0.15, 0.2) is 48.5 Å². The quantitative estimate of drug-likeness (QED) is 0.720. The van der Waals surface area contributed by atoms with E-state index < -0.39 is 0 Å². The zero-order chi connectivity index (χ0) is 18.1. The maximum absolute atomic E-state index is 12.0. The summed E-state index contributed by atoms with van der Waals surface area (Å²) in [6, 6.07) is 15.2. The fourth-order valence-corrected chi connectivity index (χ4v) is 2.25. The van der Waals surface area contributed by atoms with Crippen molar-refractivity contribution in [3.05, 3.63) is 54.1 Å². The van der Waals surface area contributed by atoms with Crippen molar-refractivity contribution in [2.24, 2.45) is 5.92 Å². The number of hydrogen-bond acceptors (Lipinski definition) is 3. The summed E-state index contributed by atoms with van der Waals surface area (Å²) in [6.45, 7) is 7.11. The van der Waals surface area contributed by atoms with E-state index in [1.165, 1.54) is 5.56 Å². The van der Waals surface area contributed by atoms with Crippen molar-refractivity contribution in [3.63, 3.8) is 0 Å². The normalized spacial score (nSPS) is 10.6. The van der Waals surface area contributed by atoms with E-state index in [-0.39, 0.29) is 12.5 Å². The lowest BCUT2D eigenvalue weighted by atomic mass is 10.1. The summed E-state index contributed by atoms with van der Waals surface area (Å²) < 4.78 is 11.2. The van der Waals surface area contributed by atoms with Crippen LogP contribution in [0.25, 0.3) is 0 Å². The lowest BCUT2D eigenvalue weighted by Gasteiger charge is -2.10. The highest BCUT2D eigenvalue weighted by molar-refractivity contribution is 5.91. The molecular weight excluding hydrogens is 314 g/mol. The van der Waals surface area contributed by atoms with E-state index in [0.717, 1.165) is 24.3 Å². The van der Waals surface area contributed by atoms with Gasteiger partial charge in [0.15, 0.2) is 6.61 Å². The van der Waals surface area contributed by atoms with Crippen LogP contribution in [0.1, 0.15) is 32.8 Å². The highest BCUT2D eigenvalue weighted by Gasteiger charge is 2.05. The molecule has 2 rings (SSSR count). The number of carbonyl (C=O) groups is 1. The molecule has 0 unspecified atom stereocenters. The lowest BCUT2D eigenvalue weighted by Crippen LogP contribution is -2.20. The summed E-state index contributed by atoms with van der Waals surface area (Å²) in [5.41, 5.74) is 1.91. The smallest absolute Gasteiger partial charge is 0.262 e. The van der Waals surface area contributed by atoms with Crippen LogP contribution in [0.3, 0.4) is 0 Å². The second kappa shape index (κ2) is 9.72. The van der Waals surface area contributed by atoms with E-state index in [9.17, 15) is 4.79 Å². The topological polar surface area (TPSA) is 47.6 Å². The fourth-order valence-electron chi connectivity index (χ4n) is 2.25. The molecule has 0 aliphatic heterocycles. The molecular formula is C21H27NO3. The van der Waals surface area contributed by atoms with Crippen molar-refractivity contribution in [1.29, 1.82) is 0 Å². The van der Waals surface area contributed by atoms with Crippen LogP contribution in [0.5, 0.6) is 11.5 Å². The first-order chi connectivity index (χ1) is 12.1. The summed E-state index contributed by atoms with van der Waals surface area (Å²) in [4.78, 5) is 12.0. The van der Waals surface area contributed by atoms with Gasteiger partial charge in [0.05, 0.1) is 6.61 Å². The molecule has 25 heavy (non-hydrogen) atoms. The minimum atomic E-state index is -0.185. The van der Waals surface area contributed by atoms with Crippen LogP contribution in [0.2, 0.25) is 0 Å². The molecule has 2 aromatic carbocycles. The molecule has 0 aliphatic carbocycles. The number of amides is 1. The molecule has 1 amide bonds. The van der Waals surface area contributed by atoms with Gasteiger partial charge in [-0.25, -0.2) is 0 Å². The van der Waals surface area contributed by atoms with Crippen molar-refractivity contribution >= 4 is 11.6 Å². The molecule has 0 aromatic heterocycles. The Morgan fingerprint density at radius 2 is 1.80 bits per heavy atom. The van der Waals surface area contributed by atoms with E-state index in [0.29, 0.717) is 18.3 Å². The van der Waals surface area contributed by atoms with Crippen LogP contribution in [0, 0.1) is 5.92 Å². The third kappa shape index (κ3) is 6.87. The Kier molecular flexibility index (Phi) is 7.33. The van der Waals surface area contributed by atoms with Crippen LogP contribution < -0.4 is 14.8 Å². The van der Waals surface area contributed by atoms with E-state index >= 15 is 0 Å². The van der Waals surface area contributed by atoms with Crippen LogP contribution in [-0.2, 0) is 11.2 Å². The summed E-state index contributed by atoms with van der Waals surface area (Å²) in [5.74, 6) is 1.96. The van der Waals surface area contributed by atoms with E-state index in [4.69, 9.17) is 9.47 Å². The lowest BCUT2D eigenvalue weighted by molar-refractivity contribution is -0.118. The summed E-state index contributed by atoms with van der Waals surface area (Å²) in [6.07, 6.45) is 1.96. The van der Waals surface area contributed by atoms with Gasteiger partial charge in [0, 0.05) is 5.69 Å². The Hall–Kier alpha value is -2.49. The summed E-state index contributed by atoms with van der Waals surface area (Å²) in [7, 11) is 0. The predicted molar refractivity (Wildman–Crippen MR) is 101 cm³/mol. The minimum Gasteiger partial charge on any atom is -0.494 e. The first-order valence-corrected chi connectivity index (χ1v) is 8.81. The molecule has 0 aliphatic rings. The largest absolute Gasteiger partial charge is 0.494 e. The third-order valence-corrected chi connectivity index (χ3v) is 3.78. The van der Waals surface area contributed by atoms with Gasteiger partial charge < -0.3 is 14.8 Å². The van der Waals surface area contributed by atoms with Gasteiger partial charge in [0.2, 0.25) is 0 Å². The van der Waals surface area contributed by atoms with Crippen LogP contribution >= 0.6 is 0 Å². The minimum absolute atomic E-state index is 0.0141. The first kappa shape index (κ1) is 18.8. The highest BCUT2D eigenvalue weighted by Crippen LogP contribution is 2.17. The number of benzene rings is 2. The number of nitrogens with one attached hydrogen (secondary N) is 1. The maximum atomic E-state index is 12.0. The van der Waals surface area contributed by atoms with E-state index in [2.05, 4.69) is 26.1 Å². The molecule has 0 radical (unpaired) electrons. The van der Waals surface area contributed by atoms with Gasteiger partial charge in [-0.15, -0.1) is 0 Å². The molecule has 0 heterocycles. The molecule has 0 atom stereocenters. The molecule has 2 aromatic rings. The van der Waals surface area contributed by atoms with Gasteiger partial charge in [-0.2, -0.15) is 0 Å². The number of hydrogen-bond donors (Lipinski definition) is 1. The van der Waals surface area contributed by atoms with Crippen LogP contribution in [-0.4, -0.2) is 19.1 Å². The number of rotatable bonds is 9. The van der Waals surface area contributed by atoms with Gasteiger partial charge in [-0.3, -0.25) is 4.79 Å². The zero-order valence-corrected chi connectivity index (χ0v) is 15.2. The SMILES string of the molecule is CCc1cccc(OCC(=O)Nc2ccc(OCCC(C)C)cc2)c1. The Balaban J connectivity index is 1.78. The molecule has 4 nitrogen and oxygen atoms in total. The second-order valence-corrected chi connectivity index (χ2v) is 6.39.